The van der Waals surface area contributed by atoms with E-state index in [1.165, 1.54) is 29.8 Å². The van der Waals surface area contributed by atoms with E-state index in [1.807, 2.05) is 0 Å². The first-order valence-corrected chi connectivity index (χ1v) is 12.2. The predicted molar refractivity (Wildman–Crippen MR) is 113 cm³/mol. The third-order valence-electron chi connectivity index (χ3n) is 5.68. The molecule has 0 aromatic carbocycles. The van der Waals surface area contributed by atoms with E-state index >= 15 is 0 Å². The zero-order chi connectivity index (χ0) is 20.7. The maximum Gasteiger partial charge on any atom is 0.220 e. The van der Waals surface area contributed by atoms with Crippen LogP contribution in [0.15, 0.2) is 21.8 Å². The summed E-state index contributed by atoms with van der Waals surface area (Å²) < 4.78 is 31.5. The average Bonchev–Trinajstić information content (AvgIpc) is 3.21. The van der Waals surface area contributed by atoms with Crippen LogP contribution < -0.4 is 5.32 Å². The summed E-state index contributed by atoms with van der Waals surface area (Å²) in [7, 11) is -3.39. The van der Waals surface area contributed by atoms with E-state index in [1.54, 1.807) is 6.07 Å². The number of nitrogens with zero attached hydrogens (tertiary/aromatic N) is 5. The van der Waals surface area contributed by atoms with E-state index in [4.69, 9.17) is 9.52 Å². The molecule has 0 saturated carbocycles. The van der Waals surface area contributed by atoms with Gasteiger partial charge in [-0.1, -0.05) is 11.6 Å². The Hall–Kier alpha value is -1.65. The lowest BCUT2D eigenvalue weighted by Crippen LogP contribution is -2.54. The summed E-state index contributed by atoms with van der Waals surface area (Å²) in [6.45, 7) is 10.2. The topological polar surface area (TPSA) is 94.3 Å². The molecule has 10 heteroatoms. The monoisotopic (exact) mass is 426 g/mol. The molecular weight excluding hydrogens is 392 g/mol. The normalized spacial score (nSPS) is 22.8. The number of hydrogen-bond acceptors (Lipinski definition) is 6. The molecule has 1 N–H and O–H groups in total. The van der Waals surface area contributed by atoms with E-state index in [2.05, 4.69) is 34.1 Å². The van der Waals surface area contributed by atoms with Gasteiger partial charge in [0.1, 0.15) is 12.0 Å². The number of hydrogen-bond donors (Lipinski definition) is 1. The lowest BCUT2D eigenvalue weighted by atomic mass is 10.0. The predicted octanol–water partition coefficient (Wildman–Crippen LogP) is 0.962. The van der Waals surface area contributed by atoms with Gasteiger partial charge in [0.15, 0.2) is 5.96 Å². The molecule has 3 rings (SSSR count). The van der Waals surface area contributed by atoms with Crippen LogP contribution in [0.3, 0.4) is 0 Å². The largest absolute Gasteiger partial charge is 0.364 e. The summed E-state index contributed by atoms with van der Waals surface area (Å²) in [6.07, 6.45) is 5.27. The van der Waals surface area contributed by atoms with Crippen LogP contribution in [-0.4, -0.2) is 92.0 Å². The minimum atomic E-state index is -3.39. The maximum absolute atomic E-state index is 12.6. The molecule has 2 saturated heterocycles. The molecule has 1 aromatic rings. The Morgan fingerprint density at radius 1 is 1.28 bits per heavy atom. The molecular formula is C19H34N6O3S. The molecule has 29 heavy (non-hydrogen) atoms. The second-order valence-corrected chi connectivity index (χ2v) is 9.72. The lowest BCUT2D eigenvalue weighted by Gasteiger charge is -2.36. The van der Waals surface area contributed by atoms with Crippen molar-refractivity contribution in [2.75, 3.05) is 52.4 Å². The summed E-state index contributed by atoms with van der Waals surface area (Å²) in [5, 5.41) is 7.08. The molecule has 2 aliphatic rings. The van der Waals surface area contributed by atoms with Crippen LogP contribution in [0.5, 0.6) is 0 Å². The quantitative estimate of drug-likeness (QED) is 0.513. The van der Waals surface area contributed by atoms with Gasteiger partial charge < -0.3 is 14.7 Å². The zero-order valence-corrected chi connectivity index (χ0v) is 18.4. The molecule has 0 spiro atoms. The number of piperazine rings is 1. The Labute approximate surface area is 174 Å². The third-order valence-corrected chi connectivity index (χ3v) is 7.49. The Kier molecular flexibility index (Phi) is 7.91. The van der Waals surface area contributed by atoms with Crippen molar-refractivity contribution in [3.05, 3.63) is 18.0 Å². The Morgan fingerprint density at radius 2 is 2.07 bits per heavy atom. The van der Waals surface area contributed by atoms with Gasteiger partial charge in [-0.15, -0.1) is 0 Å². The second-order valence-electron chi connectivity index (χ2n) is 7.75. The number of piperidine rings is 1. The van der Waals surface area contributed by atoms with Crippen LogP contribution in [0.2, 0.25) is 0 Å². The van der Waals surface area contributed by atoms with Gasteiger partial charge in [0.2, 0.25) is 10.0 Å². The lowest BCUT2D eigenvalue weighted by molar-refractivity contribution is 0.165. The smallest absolute Gasteiger partial charge is 0.220 e. The first kappa shape index (κ1) is 22.0. The van der Waals surface area contributed by atoms with Crippen molar-refractivity contribution in [1.29, 1.82) is 0 Å². The maximum atomic E-state index is 12.6. The number of guanidine groups is 1. The third kappa shape index (κ3) is 6.16. The van der Waals surface area contributed by atoms with E-state index < -0.39 is 10.0 Å². The van der Waals surface area contributed by atoms with Crippen molar-refractivity contribution in [1.82, 2.24) is 24.6 Å². The number of sulfonamides is 1. The van der Waals surface area contributed by atoms with E-state index in [9.17, 15) is 8.42 Å². The van der Waals surface area contributed by atoms with Crippen LogP contribution in [0.25, 0.3) is 0 Å². The van der Waals surface area contributed by atoms with Crippen LogP contribution >= 0.6 is 0 Å². The van der Waals surface area contributed by atoms with Gasteiger partial charge in [-0.3, -0.25) is 9.89 Å². The molecule has 9 nitrogen and oxygen atoms in total. The average molecular weight is 427 g/mol. The molecule has 0 radical (unpaired) electrons. The molecule has 3 heterocycles. The van der Waals surface area contributed by atoms with Crippen molar-refractivity contribution < 1.29 is 12.9 Å². The first-order valence-electron chi connectivity index (χ1n) is 10.6. The van der Waals surface area contributed by atoms with Gasteiger partial charge in [0, 0.05) is 51.4 Å². The highest BCUT2D eigenvalue weighted by atomic mass is 32.2. The Bertz CT molecular complexity index is 744. The SMILES string of the molecule is CCNC(=NCCN1CCCCC1C)N1CCN(S(=O)(=O)Cc2ccon2)CC1. The molecule has 1 atom stereocenters. The van der Waals surface area contributed by atoms with Crippen LogP contribution in [0.1, 0.15) is 38.8 Å². The van der Waals surface area contributed by atoms with Crippen molar-refractivity contribution in [2.24, 2.45) is 4.99 Å². The zero-order valence-electron chi connectivity index (χ0n) is 17.6. The fourth-order valence-corrected chi connectivity index (χ4v) is 5.39. The summed E-state index contributed by atoms with van der Waals surface area (Å²) in [5.74, 6) is 0.761. The molecule has 1 unspecified atom stereocenters. The number of rotatable bonds is 7. The second kappa shape index (κ2) is 10.4. The van der Waals surface area contributed by atoms with Crippen molar-refractivity contribution in [2.45, 2.75) is 44.9 Å². The summed E-state index contributed by atoms with van der Waals surface area (Å²) >= 11 is 0. The highest BCUT2D eigenvalue weighted by molar-refractivity contribution is 7.88. The van der Waals surface area contributed by atoms with Crippen molar-refractivity contribution in [3.8, 4) is 0 Å². The Morgan fingerprint density at radius 3 is 2.72 bits per heavy atom. The van der Waals surface area contributed by atoms with Crippen molar-refractivity contribution in [3.63, 3.8) is 0 Å². The summed E-state index contributed by atoms with van der Waals surface area (Å²) in [4.78, 5) is 9.49. The molecule has 2 fully saturated rings. The van der Waals surface area contributed by atoms with E-state index in [0.717, 1.165) is 32.1 Å². The van der Waals surface area contributed by atoms with Gasteiger partial charge in [0.05, 0.1) is 12.2 Å². The molecule has 2 aliphatic heterocycles. The molecule has 1 aromatic heterocycles. The van der Waals surface area contributed by atoms with Gasteiger partial charge in [-0.2, -0.15) is 4.31 Å². The van der Waals surface area contributed by atoms with E-state index in [0.29, 0.717) is 37.9 Å². The van der Waals surface area contributed by atoms with E-state index in [-0.39, 0.29) is 5.75 Å². The van der Waals surface area contributed by atoms with Gasteiger partial charge in [-0.05, 0) is 33.2 Å². The number of aliphatic imine (C=N–C) groups is 1. The summed E-state index contributed by atoms with van der Waals surface area (Å²) in [5.41, 5.74) is 0.439. The minimum Gasteiger partial charge on any atom is -0.364 e. The fourth-order valence-electron chi connectivity index (χ4n) is 3.97. The number of aromatic nitrogens is 1. The van der Waals surface area contributed by atoms with Crippen molar-refractivity contribution >= 4 is 16.0 Å². The number of nitrogens with one attached hydrogen (secondary N) is 1. The molecule has 164 valence electrons. The van der Waals surface area contributed by atoms with Gasteiger partial charge in [-0.25, -0.2) is 8.42 Å². The van der Waals surface area contributed by atoms with Gasteiger partial charge in [0.25, 0.3) is 0 Å². The highest BCUT2D eigenvalue weighted by Crippen LogP contribution is 2.16. The van der Waals surface area contributed by atoms with Gasteiger partial charge >= 0.3 is 0 Å². The molecule has 0 bridgehead atoms. The first-order chi connectivity index (χ1) is 14.0. The molecule has 0 aliphatic carbocycles. The van der Waals surface area contributed by atoms with Crippen LogP contribution in [0.4, 0.5) is 0 Å². The van der Waals surface area contributed by atoms with Crippen LogP contribution in [-0.2, 0) is 15.8 Å². The molecule has 0 amide bonds. The standard InChI is InChI=1S/C19H34N6O3S/c1-3-20-19(21-8-10-23-9-5-4-6-17(23)2)24-11-13-25(14-12-24)29(26,27)16-18-7-15-28-22-18/h7,15,17H,3-6,8-14,16H2,1-2H3,(H,20,21). The minimum absolute atomic E-state index is 0.119. The number of likely N-dealkylation sites (tertiary alicyclic amines) is 1. The summed E-state index contributed by atoms with van der Waals surface area (Å²) in [6, 6.07) is 2.23. The Balaban J connectivity index is 1.52. The fraction of sp³-hybridized carbons (Fsp3) is 0.789. The van der Waals surface area contributed by atoms with Crippen LogP contribution in [0, 0.1) is 0 Å². The highest BCUT2D eigenvalue weighted by Gasteiger charge is 2.29.